The molecule has 0 radical (unpaired) electrons. The summed E-state index contributed by atoms with van der Waals surface area (Å²) in [6.07, 6.45) is 0.677. The molecule has 1 aromatic heterocycles. The molecule has 0 bridgehead atoms. The number of aromatic nitrogens is 1. The number of anilines is 1. The quantitative estimate of drug-likeness (QED) is 0.860. The maximum Gasteiger partial charge on any atom is 0.242 e. The zero-order valence-electron chi connectivity index (χ0n) is 12.0. The van der Waals surface area contributed by atoms with Crippen molar-refractivity contribution in [2.75, 3.05) is 5.32 Å². The van der Waals surface area contributed by atoms with E-state index in [9.17, 15) is 4.79 Å². The highest BCUT2D eigenvalue weighted by Crippen LogP contribution is 2.11. The lowest BCUT2D eigenvalue weighted by molar-refractivity contribution is -0.118. The van der Waals surface area contributed by atoms with E-state index in [0.717, 1.165) is 5.56 Å². The molecule has 2 aromatic rings. The summed E-state index contributed by atoms with van der Waals surface area (Å²) in [5.41, 5.74) is 1.07. The van der Waals surface area contributed by atoms with E-state index in [2.05, 4.69) is 15.8 Å². The molecule has 1 unspecified atom stereocenters. The molecule has 6 heteroatoms. The number of aryl methyl sites for hydroxylation is 1. The molecular formula is C15H18ClN3O2. The minimum absolute atomic E-state index is 0.125. The molecule has 0 saturated heterocycles. The van der Waals surface area contributed by atoms with E-state index in [1.165, 1.54) is 0 Å². The molecule has 1 heterocycles. The predicted molar refractivity (Wildman–Crippen MR) is 82.2 cm³/mol. The molecule has 5 nitrogen and oxygen atoms in total. The summed E-state index contributed by atoms with van der Waals surface area (Å²) in [6, 6.07) is 8.92. The monoisotopic (exact) mass is 307 g/mol. The van der Waals surface area contributed by atoms with Gasteiger partial charge in [-0.05, 0) is 31.0 Å². The van der Waals surface area contributed by atoms with Gasteiger partial charge in [-0.3, -0.25) is 4.79 Å². The van der Waals surface area contributed by atoms with Gasteiger partial charge in [-0.25, -0.2) is 0 Å². The van der Waals surface area contributed by atoms with Gasteiger partial charge >= 0.3 is 0 Å². The van der Waals surface area contributed by atoms with Gasteiger partial charge in [0, 0.05) is 17.6 Å². The molecule has 1 aromatic carbocycles. The summed E-state index contributed by atoms with van der Waals surface area (Å²) in [5, 5.41) is 10.4. The summed E-state index contributed by atoms with van der Waals surface area (Å²) in [5.74, 6) is 0.969. The number of hydrogen-bond acceptors (Lipinski definition) is 4. The molecule has 2 rings (SSSR count). The number of hydrogen-bond donors (Lipinski definition) is 2. The Balaban J connectivity index is 1.89. The van der Waals surface area contributed by atoms with E-state index >= 15 is 0 Å². The van der Waals surface area contributed by atoms with Crippen LogP contribution in [0.25, 0.3) is 0 Å². The average Bonchev–Trinajstić information content (AvgIpc) is 2.87. The van der Waals surface area contributed by atoms with Crippen molar-refractivity contribution in [1.82, 2.24) is 10.5 Å². The molecule has 21 heavy (non-hydrogen) atoms. The molecule has 0 saturated carbocycles. The first kappa shape index (κ1) is 15.5. The second-order valence-corrected chi connectivity index (χ2v) is 5.22. The van der Waals surface area contributed by atoms with Crippen molar-refractivity contribution in [3.8, 4) is 0 Å². The summed E-state index contributed by atoms with van der Waals surface area (Å²) < 4.78 is 4.92. The molecular weight excluding hydrogens is 290 g/mol. The Kier molecular flexibility index (Phi) is 5.36. The zero-order valence-corrected chi connectivity index (χ0v) is 12.8. The summed E-state index contributed by atoms with van der Waals surface area (Å²) >= 11 is 5.84. The highest BCUT2D eigenvalue weighted by atomic mass is 35.5. The molecule has 0 aliphatic heterocycles. The Bertz CT molecular complexity index is 595. The summed E-state index contributed by atoms with van der Waals surface area (Å²) in [7, 11) is 0. The molecule has 1 amide bonds. The van der Waals surface area contributed by atoms with Crippen molar-refractivity contribution in [1.29, 1.82) is 0 Å². The molecule has 0 aliphatic rings. The van der Waals surface area contributed by atoms with Crippen LogP contribution in [-0.4, -0.2) is 17.1 Å². The normalized spacial score (nSPS) is 12.1. The topological polar surface area (TPSA) is 67.2 Å². The lowest BCUT2D eigenvalue weighted by Crippen LogP contribution is -2.39. The van der Waals surface area contributed by atoms with Gasteiger partial charge in [-0.15, -0.1) is 0 Å². The van der Waals surface area contributed by atoms with Crippen molar-refractivity contribution < 1.29 is 9.32 Å². The Morgan fingerprint density at radius 1 is 1.38 bits per heavy atom. The number of halogens is 1. The molecule has 2 N–H and O–H groups in total. The third kappa shape index (κ3) is 4.58. The van der Waals surface area contributed by atoms with Gasteiger partial charge < -0.3 is 15.2 Å². The van der Waals surface area contributed by atoms with Gasteiger partial charge in [0.1, 0.15) is 5.76 Å². The van der Waals surface area contributed by atoms with Crippen LogP contribution in [0.3, 0.4) is 0 Å². The SMILES string of the molecule is CCC(NCc1ccc(Cl)cc1)C(=O)Nc1cc(C)on1. The van der Waals surface area contributed by atoms with Gasteiger partial charge in [0.05, 0.1) is 6.04 Å². The van der Waals surface area contributed by atoms with Crippen LogP contribution in [0.5, 0.6) is 0 Å². The number of carbonyl (C=O) groups excluding carboxylic acids is 1. The number of carbonyl (C=O) groups is 1. The Labute approximate surface area is 128 Å². The van der Waals surface area contributed by atoms with Gasteiger partial charge in [0.15, 0.2) is 5.82 Å². The number of nitrogens with zero attached hydrogens (tertiary/aromatic N) is 1. The largest absolute Gasteiger partial charge is 0.360 e. The highest BCUT2D eigenvalue weighted by Gasteiger charge is 2.17. The highest BCUT2D eigenvalue weighted by molar-refractivity contribution is 6.30. The molecule has 1 atom stereocenters. The third-order valence-corrected chi connectivity index (χ3v) is 3.32. The Morgan fingerprint density at radius 3 is 2.67 bits per heavy atom. The molecule has 0 fully saturated rings. The van der Waals surface area contributed by atoms with E-state index < -0.39 is 0 Å². The average molecular weight is 308 g/mol. The molecule has 112 valence electrons. The maximum absolute atomic E-state index is 12.2. The van der Waals surface area contributed by atoms with E-state index in [1.807, 2.05) is 31.2 Å². The van der Waals surface area contributed by atoms with Crippen molar-refractivity contribution in [3.05, 3.63) is 46.7 Å². The van der Waals surface area contributed by atoms with Gasteiger partial charge in [0.25, 0.3) is 0 Å². The first-order chi connectivity index (χ1) is 10.1. The van der Waals surface area contributed by atoms with E-state index in [-0.39, 0.29) is 11.9 Å². The number of amides is 1. The third-order valence-electron chi connectivity index (χ3n) is 3.07. The second kappa shape index (κ2) is 7.24. The Morgan fingerprint density at radius 2 is 2.10 bits per heavy atom. The van der Waals surface area contributed by atoms with Crippen LogP contribution in [0.1, 0.15) is 24.7 Å². The van der Waals surface area contributed by atoms with Crippen molar-refractivity contribution in [2.24, 2.45) is 0 Å². The summed E-state index contributed by atoms with van der Waals surface area (Å²) in [4.78, 5) is 12.2. The van der Waals surface area contributed by atoms with Gasteiger partial charge in [-0.1, -0.05) is 35.8 Å². The van der Waals surface area contributed by atoms with Crippen LogP contribution in [-0.2, 0) is 11.3 Å². The first-order valence-corrected chi connectivity index (χ1v) is 7.18. The fraction of sp³-hybridized carbons (Fsp3) is 0.333. The predicted octanol–water partition coefficient (Wildman–Crippen LogP) is 3.14. The fourth-order valence-corrected chi connectivity index (χ4v) is 2.03. The lowest BCUT2D eigenvalue weighted by Gasteiger charge is -2.15. The van der Waals surface area contributed by atoms with Gasteiger partial charge in [-0.2, -0.15) is 0 Å². The minimum Gasteiger partial charge on any atom is -0.360 e. The van der Waals surface area contributed by atoms with E-state index in [1.54, 1.807) is 13.0 Å². The van der Waals surface area contributed by atoms with Crippen LogP contribution in [0.15, 0.2) is 34.9 Å². The molecule has 0 aliphatic carbocycles. The zero-order chi connectivity index (χ0) is 15.2. The van der Waals surface area contributed by atoms with Crippen LogP contribution < -0.4 is 10.6 Å². The molecule has 0 spiro atoms. The fourth-order valence-electron chi connectivity index (χ4n) is 1.90. The van der Waals surface area contributed by atoms with Crippen molar-refractivity contribution >= 4 is 23.3 Å². The number of nitrogens with one attached hydrogen (secondary N) is 2. The number of benzene rings is 1. The van der Waals surface area contributed by atoms with Crippen molar-refractivity contribution in [3.63, 3.8) is 0 Å². The van der Waals surface area contributed by atoms with Gasteiger partial charge in [0.2, 0.25) is 5.91 Å². The van der Waals surface area contributed by atoms with Crippen LogP contribution in [0.4, 0.5) is 5.82 Å². The first-order valence-electron chi connectivity index (χ1n) is 6.80. The maximum atomic E-state index is 12.2. The van der Waals surface area contributed by atoms with Crippen LogP contribution in [0.2, 0.25) is 5.02 Å². The summed E-state index contributed by atoms with van der Waals surface area (Å²) in [6.45, 7) is 4.33. The lowest BCUT2D eigenvalue weighted by atomic mass is 10.1. The number of rotatable bonds is 6. The smallest absolute Gasteiger partial charge is 0.242 e. The van der Waals surface area contributed by atoms with Crippen LogP contribution in [0, 0.1) is 6.92 Å². The standard InChI is InChI=1S/C15H18ClN3O2/c1-3-13(15(20)18-14-8-10(2)21-19-14)17-9-11-4-6-12(16)7-5-11/h4-8,13,17H,3,9H2,1-2H3,(H,18,19,20). The second-order valence-electron chi connectivity index (χ2n) is 4.78. The van der Waals surface area contributed by atoms with Crippen molar-refractivity contribution in [2.45, 2.75) is 32.9 Å². The van der Waals surface area contributed by atoms with E-state index in [0.29, 0.717) is 29.6 Å². The minimum atomic E-state index is -0.294. The Hall–Kier alpha value is -1.85. The van der Waals surface area contributed by atoms with Crippen LogP contribution >= 0.6 is 11.6 Å². The van der Waals surface area contributed by atoms with E-state index in [4.69, 9.17) is 16.1 Å².